The number of carbonyl (C=O) groups excluding carboxylic acids is 2. The van der Waals surface area contributed by atoms with Gasteiger partial charge in [0.25, 0.3) is 0 Å². The molecule has 0 saturated heterocycles. The maximum Gasteiger partial charge on any atom is 4.00 e. The van der Waals surface area contributed by atoms with E-state index in [9.17, 15) is 30.0 Å². The number of carbonyl (C=O) groups is 2. The van der Waals surface area contributed by atoms with Gasteiger partial charge in [0.2, 0.25) is 0 Å². The molecule has 0 fully saturated rings. The zero-order valence-corrected chi connectivity index (χ0v) is 22.9. The smallest absolute Gasteiger partial charge is 0.854 e. The molecule has 0 unspecified atom stereocenters. The van der Waals surface area contributed by atoms with E-state index in [2.05, 4.69) is 0 Å². The molecule has 0 radical (unpaired) electrons. The predicted molar refractivity (Wildman–Crippen MR) is 112 cm³/mol. The van der Waals surface area contributed by atoms with Crippen LogP contribution in [0.2, 0.25) is 0 Å². The maximum atomic E-state index is 9.53. The number of unbranched alkanes of at least 4 members (excludes halogenated alkanes) is 4. The summed E-state index contributed by atoms with van der Waals surface area (Å²) in [5.41, 5.74) is 0. The van der Waals surface area contributed by atoms with E-state index in [4.69, 9.17) is 0 Å². The number of hydrogen-bond donors (Lipinski definition) is 0. The molecule has 176 valence electrons. The first kappa shape index (κ1) is 47.0. The second-order valence-electron chi connectivity index (χ2n) is 6.05. The van der Waals surface area contributed by atoms with E-state index in [1.807, 2.05) is 27.7 Å². The van der Waals surface area contributed by atoms with Crippen molar-refractivity contribution in [3.8, 4) is 0 Å². The Labute approximate surface area is 200 Å². The Balaban J connectivity index is -0.0000000399. The molecule has 0 bridgehead atoms. The summed E-state index contributed by atoms with van der Waals surface area (Å²) in [5, 5.41) is 38.1. The molecule has 0 aromatic heterocycles. The zero-order chi connectivity index (χ0) is 23.6. The van der Waals surface area contributed by atoms with Crippen molar-refractivity contribution >= 4 is 11.6 Å². The van der Waals surface area contributed by atoms with Gasteiger partial charge in [0.15, 0.2) is 0 Å². The molecule has 0 saturated carbocycles. The van der Waals surface area contributed by atoms with Gasteiger partial charge >= 0.3 is 26.2 Å². The number of ketones is 2. The molecule has 0 aromatic rings. The van der Waals surface area contributed by atoms with Crippen LogP contribution in [-0.4, -0.2) is 38.0 Å². The van der Waals surface area contributed by atoms with E-state index in [1.54, 1.807) is 0 Å². The van der Waals surface area contributed by atoms with E-state index in [0.717, 1.165) is 51.4 Å². The van der Waals surface area contributed by atoms with Crippen LogP contribution in [0.3, 0.4) is 0 Å². The maximum absolute atomic E-state index is 9.53. The van der Waals surface area contributed by atoms with Crippen molar-refractivity contribution in [1.82, 2.24) is 0 Å². The SMILES string of the molecule is CC(C)=O.CC(C)=O.CCCC[O-].CCCC[O-].CCCC[O-].CCCC[O-].[Zr+4]. The molecule has 0 heterocycles. The predicted octanol–water partition coefficient (Wildman–Crippen LogP) is 1.78. The van der Waals surface area contributed by atoms with Crippen LogP contribution in [0.5, 0.6) is 0 Å². The van der Waals surface area contributed by atoms with E-state index in [1.165, 1.54) is 27.7 Å². The Hall–Kier alpha value is 0.0631. The normalized spacial score (nSPS) is 7.59. The van der Waals surface area contributed by atoms with Gasteiger partial charge in [0.05, 0.1) is 0 Å². The summed E-state index contributed by atoms with van der Waals surface area (Å²) in [6.07, 6.45) is 7.46. The minimum atomic E-state index is 0. The third kappa shape index (κ3) is 293. The molecule has 7 heteroatoms. The fourth-order valence-electron chi connectivity index (χ4n) is 0.577. The Morgan fingerprint density at radius 1 is 0.483 bits per heavy atom. The van der Waals surface area contributed by atoms with Crippen molar-refractivity contribution in [2.45, 2.75) is 107 Å². The first-order valence-electron chi connectivity index (χ1n) is 10.4. The Morgan fingerprint density at radius 3 is 0.586 bits per heavy atom. The summed E-state index contributed by atoms with van der Waals surface area (Å²) < 4.78 is 0. The second-order valence-corrected chi connectivity index (χ2v) is 6.05. The van der Waals surface area contributed by atoms with E-state index in [-0.39, 0.29) is 64.2 Å². The Kier molecular flexibility index (Phi) is 102. The van der Waals surface area contributed by atoms with Gasteiger partial charge in [-0.05, 0) is 27.7 Å². The Bertz CT molecular complexity index is 187. The molecule has 0 aromatic carbocycles. The van der Waals surface area contributed by atoms with Crippen LogP contribution < -0.4 is 20.4 Å². The zero-order valence-electron chi connectivity index (χ0n) is 20.4. The molecular formula is C22H48O6Zr. The summed E-state index contributed by atoms with van der Waals surface area (Å²) in [5.74, 6) is 0.333. The largest absolute Gasteiger partial charge is 4.00 e. The van der Waals surface area contributed by atoms with Gasteiger partial charge in [-0.15, -0.1) is 26.4 Å². The van der Waals surface area contributed by atoms with E-state index in [0.29, 0.717) is 0 Å². The van der Waals surface area contributed by atoms with Crippen LogP contribution >= 0.6 is 0 Å². The van der Waals surface area contributed by atoms with Gasteiger partial charge in [0.1, 0.15) is 11.6 Å². The van der Waals surface area contributed by atoms with Gasteiger partial charge in [-0.3, -0.25) is 0 Å². The van der Waals surface area contributed by atoms with Crippen molar-refractivity contribution in [2.24, 2.45) is 0 Å². The van der Waals surface area contributed by atoms with Gasteiger partial charge < -0.3 is 30.0 Å². The molecule has 0 spiro atoms. The molecule has 0 atom stereocenters. The molecule has 0 amide bonds. The fourth-order valence-corrected chi connectivity index (χ4v) is 0.577. The molecule has 6 nitrogen and oxygen atoms in total. The summed E-state index contributed by atoms with van der Waals surface area (Å²) in [4.78, 5) is 18.9. The number of rotatable bonds is 8. The molecule has 0 aliphatic carbocycles. The van der Waals surface area contributed by atoms with Crippen molar-refractivity contribution in [2.75, 3.05) is 26.4 Å². The average Bonchev–Trinajstić information content (AvgIpc) is 2.58. The van der Waals surface area contributed by atoms with Crippen LogP contribution in [0.1, 0.15) is 107 Å². The van der Waals surface area contributed by atoms with Crippen molar-refractivity contribution in [1.29, 1.82) is 0 Å². The fraction of sp³-hybridized carbons (Fsp3) is 0.909. The first-order chi connectivity index (χ1) is 13.1. The third-order valence-electron chi connectivity index (χ3n) is 1.99. The summed E-state index contributed by atoms with van der Waals surface area (Å²) in [6.45, 7) is 14.5. The van der Waals surface area contributed by atoms with E-state index < -0.39 is 0 Å². The van der Waals surface area contributed by atoms with Crippen LogP contribution in [0.15, 0.2) is 0 Å². The molecule has 0 aliphatic heterocycles. The minimum absolute atomic E-state index is 0. The van der Waals surface area contributed by atoms with Gasteiger partial charge in [-0.2, -0.15) is 0 Å². The minimum Gasteiger partial charge on any atom is -0.854 e. The topological polar surface area (TPSA) is 126 Å². The van der Waals surface area contributed by atoms with Gasteiger partial charge in [0, 0.05) is 0 Å². The quantitative estimate of drug-likeness (QED) is 0.501. The second kappa shape index (κ2) is 63.0. The molecular weight excluding hydrogens is 451 g/mol. The van der Waals surface area contributed by atoms with Gasteiger partial charge in [-0.1, -0.05) is 79.1 Å². The number of hydrogen-bond acceptors (Lipinski definition) is 6. The number of Topliss-reactive ketones (excluding diaryl/α,β-unsaturated/α-hetero) is 2. The van der Waals surface area contributed by atoms with Crippen LogP contribution in [-0.2, 0) is 35.8 Å². The summed E-state index contributed by atoms with van der Waals surface area (Å²) in [7, 11) is 0. The van der Waals surface area contributed by atoms with Crippen molar-refractivity contribution in [3.63, 3.8) is 0 Å². The average molecular weight is 500 g/mol. The summed E-state index contributed by atoms with van der Waals surface area (Å²) >= 11 is 0. The van der Waals surface area contributed by atoms with Crippen LogP contribution in [0, 0.1) is 0 Å². The standard InChI is InChI=1S/4C4H9O.2C3H6O.Zr/c4*1-2-3-4-5;2*1-3(2)4;/h4*2-4H2,1H3;2*1-2H3;/q4*-1;;;+4. The van der Waals surface area contributed by atoms with Crippen molar-refractivity contribution < 1.29 is 56.2 Å². The Morgan fingerprint density at radius 2 is 0.586 bits per heavy atom. The van der Waals surface area contributed by atoms with Crippen LogP contribution in [0.4, 0.5) is 0 Å². The molecule has 29 heavy (non-hydrogen) atoms. The monoisotopic (exact) mass is 498 g/mol. The molecule has 0 aliphatic rings. The van der Waals surface area contributed by atoms with Crippen molar-refractivity contribution in [3.05, 3.63) is 0 Å². The van der Waals surface area contributed by atoms with Crippen LogP contribution in [0.25, 0.3) is 0 Å². The van der Waals surface area contributed by atoms with Gasteiger partial charge in [-0.25, -0.2) is 0 Å². The third-order valence-corrected chi connectivity index (χ3v) is 1.99. The first-order valence-corrected chi connectivity index (χ1v) is 10.4. The molecule has 0 N–H and O–H groups in total. The summed E-state index contributed by atoms with van der Waals surface area (Å²) in [6, 6.07) is 0. The van der Waals surface area contributed by atoms with E-state index >= 15 is 0 Å². The molecule has 0 rings (SSSR count).